The van der Waals surface area contributed by atoms with E-state index < -0.39 is 5.60 Å². The molecular formula is C31H36N2O3. The average molecular weight is 485 g/mol. The number of methoxy groups -OCH3 is 1. The van der Waals surface area contributed by atoms with Gasteiger partial charge in [-0.25, -0.2) is 0 Å². The van der Waals surface area contributed by atoms with Crippen LogP contribution in [0.1, 0.15) is 54.4 Å². The second-order valence-corrected chi connectivity index (χ2v) is 10.1. The summed E-state index contributed by atoms with van der Waals surface area (Å²) in [6.45, 7) is 1.71. The third-order valence-corrected chi connectivity index (χ3v) is 7.99. The lowest BCUT2D eigenvalue weighted by molar-refractivity contribution is -0.0850. The normalized spacial score (nSPS) is 23.2. The fourth-order valence-electron chi connectivity index (χ4n) is 6.12. The molecule has 1 aliphatic carbocycles. The number of hydrogen-bond donors (Lipinski definition) is 1. The molecule has 3 aromatic carbocycles. The van der Waals surface area contributed by atoms with Crippen LogP contribution in [0.15, 0.2) is 84.9 Å². The van der Waals surface area contributed by atoms with Gasteiger partial charge in [-0.1, -0.05) is 67.4 Å². The maximum absolute atomic E-state index is 13.7. The summed E-state index contributed by atoms with van der Waals surface area (Å²) in [5, 5.41) is 11.9. The van der Waals surface area contributed by atoms with Gasteiger partial charge in [0.2, 0.25) is 0 Å². The molecule has 36 heavy (non-hydrogen) atoms. The van der Waals surface area contributed by atoms with E-state index >= 15 is 0 Å². The number of piperidine rings is 1. The Morgan fingerprint density at radius 2 is 1.61 bits per heavy atom. The number of rotatable bonds is 6. The molecule has 0 bridgehead atoms. The van der Waals surface area contributed by atoms with E-state index in [1.54, 1.807) is 7.11 Å². The topological polar surface area (TPSA) is 53.0 Å². The zero-order chi connectivity index (χ0) is 25.0. The van der Waals surface area contributed by atoms with Crippen LogP contribution in [-0.2, 0) is 5.60 Å². The Balaban J connectivity index is 1.38. The van der Waals surface area contributed by atoms with Crippen LogP contribution < -0.4 is 9.64 Å². The van der Waals surface area contributed by atoms with Gasteiger partial charge < -0.3 is 14.7 Å². The highest BCUT2D eigenvalue weighted by molar-refractivity contribution is 6.06. The van der Waals surface area contributed by atoms with Crippen molar-refractivity contribution >= 4 is 11.6 Å². The summed E-state index contributed by atoms with van der Waals surface area (Å²) in [6, 6.07) is 27.7. The highest BCUT2D eigenvalue weighted by Gasteiger charge is 2.44. The van der Waals surface area contributed by atoms with Crippen LogP contribution in [0.4, 0.5) is 5.69 Å². The number of anilines is 1. The molecule has 1 aliphatic heterocycles. The highest BCUT2D eigenvalue weighted by Crippen LogP contribution is 2.41. The van der Waals surface area contributed by atoms with E-state index in [0.717, 1.165) is 68.6 Å². The molecule has 5 nitrogen and oxygen atoms in total. The first kappa shape index (κ1) is 24.5. The minimum absolute atomic E-state index is 0.0146. The predicted octanol–water partition coefficient (Wildman–Crippen LogP) is 5.64. The summed E-state index contributed by atoms with van der Waals surface area (Å²) in [6.07, 6.45) is 5.70. The first-order chi connectivity index (χ1) is 17.6. The van der Waals surface area contributed by atoms with Gasteiger partial charge in [0.25, 0.3) is 5.91 Å². The zero-order valence-corrected chi connectivity index (χ0v) is 21.1. The van der Waals surface area contributed by atoms with Crippen LogP contribution in [-0.4, -0.2) is 48.2 Å². The third-order valence-electron chi connectivity index (χ3n) is 7.99. The molecule has 5 heteroatoms. The number of carbonyl (C=O) groups excluding carboxylic acids is 1. The Morgan fingerprint density at radius 3 is 2.31 bits per heavy atom. The second kappa shape index (κ2) is 10.9. The number of aliphatic hydroxyl groups is 1. The van der Waals surface area contributed by atoms with Crippen LogP contribution >= 0.6 is 0 Å². The lowest BCUT2D eigenvalue weighted by atomic mass is 9.74. The molecule has 188 valence electrons. The molecule has 3 aromatic rings. The summed E-state index contributed by atoms with van der Waals surface area (Å²) in [4.78, 5) is 18.2. The Hall–Kier alpha value is -3.15. The lowest BCUT2D eigenvalue weighted by Crippen LogP contribution is -2.57. The minimum Gasteiger partial charge on any atom is -0.497 e. The summed E-state index contributed by atoms with van der Waals surface area (Å²) in [5.41, 5.74) is 1.75. The van der Waals surface area contributed by atoms with Crippen LogP contribution in [0.2, 0.25) is 0 Å². The van der Waals surface area contributed by atoms with Crippen LogP contribution in [0.3, 0.4) is 0 Å². The van der Waals surface area contributed by atoms with Crippen molar-refractivity contribution in [2.45, 2.75) is 56.2 Å². The molecule has 1 amide bonds. The van der Waals surface area contributed by atoms with E-state index in [2.05, 4.69) is 17.0 Å². The standard InChI is InChI=1S/C31H36N2O3/c1-36-28-16-10-15-27(23-28)33(30(34)24-11-4-2-5-12-24)26-18-21-32(22-19-26)29-17-8-9-20-31(29,35)25-13-6-3-7-14-25/h2-7,10-16,23,26,29,35H,8-9,17-22H2,1H3. The van der Waals surface area contributed by atoms with E-state index in [-0.39, 0.29) is 18.0 Å². The second-order valence-electron chi connectivity index (χ2n) is 10.1. The van der Waals surface area contributed by atoms with Crippen molar-refractivity contribution in [2.24, 2.45) is 0 Å². The lowest BCUT2D eigenvalue weighted by Gasteiger charge is -2.49. The SMILES string of the molecule is COc1cccc(N(C(=O)c2ccccc2)C2CCN(C3CCCCC3(O)c3ccccc3)CC2)c1. The van der Waals surface area contributed by atoms with Crippen molar-refractivity contribution in [3.8, 4) is 5.75 Å². The van der Waals surface area contributed by atoms with Crippen molar-refractivity contribution in [1.82, 2.24) is 4.90 Å². The highest BCUT2D eigenvalue weighted by atomic mass is 16.5. The smallest absolute Gasteiger partial charge is 0.258 e. The molecule has 5 rings (SSSR count). The molecule has 1 heterocycles. The van der Waals surface area contributed by atoms with Crippen LogP contribution in [0.5, 0.6) is 5.75 Å². The van der Waals surface area contributed by atoms with Crippen molar-refractivity contribution in [1.29, 1.82) is 0 Å². The van der Waals surface area contributed by atoms with Crippen molar-refractivity contribution in [3.05, 3.63) is 96.1 Å². The van der Waals surface area contributed by atoms with Gasteiger partial charge >= 0.3 is 0 Å². The predicted molar refractivity (Wildman–Crippen MR) is 143 cm³/mol. The molecule has 2 aliphatic rings. The molecule has 0 aromatic heterocycles. The molecule has 0 radical (unpaired) electrons. The van der Waals surface area contributed by atoms with Gasteiger partial charge in [0.1, 0.15) is 11.4 Å². The minimum atomic E-state index is -0.821. The third kappa shape index (κ3) is 4.91. The zero-order valence-electron chi connectivity index (χ0n) is 21.1. The molecule has 2 atom stereocenters. The number of carbonyl (C=O) groups is 1. The maximum Gasteiger partial charge on any atom is 0.258 e. The van der Waals surface area contributed by atoms with Crippen molar-refractivity contribution in [2.75, 3.05) is 25.1 Å². The molecule has 1 saturated carbocycles. The van der Waals surface area contributed by atoms with Gasteiger partial charge in [0, 0.05) is 42.5 Å². The van der Waals surface area contributed by atoms with Crippen LogP contribution in [0, 0.1) is 0 Å². The van der Waals surface area contributed by atoms with Gasteiger partial charge in [0.15, 0.2) is 0 Å². The molecule has 1 saturated heterocycles. The van der Waals surface area contributed by atoms with E-state index in [1.807, 2.05) is 77.7 Å². The number of hydrogen-bond acceptors (Lipinski definition) is 4. The van der Waals surface area contributed by atoms with E-state index in [1.165, 1.54) is 0 Å². The van der Waals surface area contributed by atoms with Crippen molar-refractivity contribution in [3.63, 3.8) is 0 Å². The Morgan fingerprint density at radius 1 is 0.917 bits per heavy atom. The first-order valence-electron chi connectivity index (χ1n) is 13.1. The average Bonchev–Trinajstić information content (AvgIpc) is 2.95. The van der Waals surface area contributed by atoms with Gasteiger partial charge in [-0.2, -0.15) is 0 Å². The number of benzene rings is 3. The van der Waals surface area contributed by atoms with Gasteiger partial charge in [0.05, 0.1) is 7.11 Å². The van der Waals surface area contributed by atoms with Crippen molar-refractivity contribution < 1.29 is 14.6 Å². The molecule has 2 unspecified atom stereocenters. The van der Waals surface area contributed by atoms with Gasteiger partial charge in [-0.15, -0.1) is 0 Å². The number of nitrogens with zero attached hydrogens (tertiary/aromatic N) is 2. The molecule has 0 spiro atoms. The van der Waals surface area contributed by atoms with Gasteiger partial charge in [-0.3, -0.25) is 9.69 Å². The Labute approximate surface area is 214 Å². The fourth-order valence-corrected chi connectivity index (χ4v) is 6.12. The maximum atomic E-state index is 13.7. The monoisotopic (exact) mass is 484 g/mol. The van der Waals surface area contributed by atoms with Crippen LogP contribution in [0.25, 0.3) is 0 Å². The summed E-state index contributed by atoms with van der Waals surface area (Å²) in [5.74, 6) is 0.756. The van der Waals surface area contributed by atoms with E-state index in [0.29, 0.717) is 5.56 Å². The fraction of sp³-hybridized carbons (Fsp3) is 0.387. The Bertz CT molecular complexity index is 1140. The summed E-state index contributed by atoms with van der Waals surface area (Å²) >= 11 is 0. The largest absolute Gasteiger partial charge is 0.497 e. The summed E-state index contributed by atoms with van der Waals surface area (Å²) in [7, 11) is 1.65. The quantitative estimate of drug-likeness (QED) is 0.492. The first-order valence-corrected chi connectivity index (χ1v) is 13.1. The molecular weight excluding hydrogens is 448 g/mol. The molecule has 1 N–H and O–H groups in total. The van der Waals surface area contributed by atoms with E-state index in [9.17, 15) is 9.90 Å². The van der Waals surface area contributed by atoms with Gasteiger partial charge in [-0.05, 0) is 55.5 Å². The molecule has 2 fully saturated rings. The summed E-state index contributed by atoms with van der Waals surface area (Å²) < 4.78 is 5.47. The number of amides is 1. The number of likely N-dealkylation sites (tertiary alicyclic amines) is 1. The van der Waals surface area contributed by atoms with E-state index in [4.69, 9.17) is 4.74 Å². The Kier molecular flexibility index (Phi) is 7.40. The number of ether oxygens (including phenoxy) is 1.